The molecule has 0 saturated heterocycles. The van der Waals surface area contributed by atoms with E-state index >= 15 is 0 Å². The number of nitrogens with two attached hydrogens (primary N) is 2. The fourth-order valence-corrected chi connectivity index (χ4v) is 4.30. The van der Waals surface area contributed by atoms with Gasteiger partial charge in [0.25, 0.3) is 0 Å². The minimum absolute atomic E-state index is 0.0247. The first-order chi connectivity index (χ1) is 18.2. The fraction of sp³-hybridized carbons (Fsp3) is 0.821. The lowest BCUT2D eigenvalue weighted by atomic mass is 10.0. The second-order valence-corrected chi connectivity index (χ2v) is 10.3. The Hall–Kier alpha value is -2.65. The number of ketones is 1. The van der Waals surface area contributed by atoms with Gasteiger partial charge in [-0.15, -0.1) is 0 Å². The topological polar surface area (TPSA) is 180 Å². The van der Waals surface area contributed by atoms with Gasteiger partial charge in [0, 0.05) is 19.4 Å². The molecule has 0 saturated carbocycles. The molecule has 0 aromatic rings. The lowest BCUT2D eigenvalue weighted by Gasteiger charge is -2.22. The third-order valence-electron chi connectivity index (χ3n) is 6.63. The average Bonchev–Trinajstić information content (AvgIpc) is 2.85. The van der Waals surface area contributed by atoms with Crippen LogP contribution < -0.4 is 27.4 Å². The Morgan fingerprint density at radius 3 is 1.68 bits per heavy atom. The van der Waals surface area contributed by atoms with Crippen LogP contribution in [0, 0.1) is 5.41 Å². The second kappa shape index (κ2) is 23.5. The van der Waals surface area contributed by atoms with Crippen molar-refractivity contribution in [2.75, 3.05) is 6.54 Å². The number of guanidine groups is 1. The number of carbonyl (C=O) groups excluding carboxylic acids is 4. The van der Waals surface area contributed by atoms with E-state index in [1.165, 1.54) is 71.1 Å². The Balaban J connectivity index is 4.38. The van der Waals surface area contributed by atoms with Gasteiger partial charge in [-0.05, 0) is 32.6 Å². The van der Waals surface area contributed by atoms with Crippen LogP contribution in [-0.2, 0) is 19.2 Å². The van der Waals surface area contributed by atoms with Crippen LogP contribution in [0.25, 0.3) is 0 Å². The fourth-order valence-electron chi connectivity index (χ4n) is 4.30. The summed E-state index contributed by atoms with van der Waals surface area (Å²) < 4.78 is 0. The van der Waals surface area contributed by atoms with Crippen LogP contribution in [0.1, 0.15) is 129 Å². The van der Waals surface area contributed by atoms with Crippen molar-refractivity contribution < 1.29 is 19.2 Å². The van der Waals surface area contributed by atoms with Gasteiger partial charge in [0.2, 0.25) is 17.7 Å². The molecule has 3 amide bonds. The molecule has 10 heteroatoms. The molecule has 0 aliphatic carbocycles. The third-order valence-corrected chi connectivity index (χ3v) is 6.63. The zero-order valence-electron chi connectivity index (χ0n) is 23.9. The summed E-state index contributed by atoms with van der Waals surface area (Å²) in [6, 6.07) is -1.67. The molecule has 220 valence electrons. The van der Waals surface area contributed by atoms with E-state index < -0.39 is 23.9 Å². The van der Waals surface area contributed by atoms with E-state index in [0.717, 1.165) is 19.3 Å². The highest BCUT2D eigenvalue weighted by molar-refractivity contribution is 5.92. The summed E-state index contributed by atoms with van der Waals surface area (Å²) in [4.78, 5) is 48.4. The molecule has 0 spiro atoms. The van der Waals surface area contributed by atoms with Crippen LogP contribution in [0.15, 0.2) is 0 Å². The summed E-state index contributed by atoms with van der Waals surface area (Å²) in [5, 5.41) is 15.3. The van der Waals surface area contributed by atoms with Gasteiger partial charge in [-0.25, -0.2) is 0 Å². The Bertz CT molecular complexity index is 701. The van der Waals surface area contributed by atoms with Crippen molar-refractivity contribution in [3.63, 3.8) is 0 Å². The molecule has 0 bridgehead atoms. The van der Waals surface area contributed by atoms with Crippen molar-refractivity contribution in [3.8, 4) is 0 Å². The molecule has 0 unspecified atom stereocenters. The smallest absolute Gasteiger partial charge is 0.243 e. The zero-order valence-corrected chi connectivity index (χ0v) is 23.9. The first-order valence-corrected chi connectivity index (χ1v) is 14.6. The predicted molar refractivity (Wildman–Crippen MR) is 152 cm³/mol. The van der Waals surface area contributed by atoms with Crippen LogP contribution in [0.2, 0.25) is 0 Å². The van der Waals surface area contributed by atoms with Gasteiger partial charge in [0.05, 0.1) is 6.04 Å². The van der Waals surface area contributed by atoms with Crippen molar-refractivity contribution in [1.29, 1.82) is 5.41 Å². The molecule has 2 atom stereocenters. The van der Waals surface area contributed by atoms with Gasteiger partial charge in [-0.3, -0.25) is 24.6 Å². The van der Waals surface area contributed by atoms with Gasteiger partial charge in [0.1, 0.15) is 6.04 Å². The zero-order chi connectivity index (χ0) is 28.6. The number of primary amides is 1. The normalized spacial score (nSPS) is 12.4. The molecule has 0 rings (SSSR count). The lowest BCUT2D eigenvalue weighted by Crippen LogP contribution is -2.51. The van der Waals surface area contributed by atoms with Crippen molar-refractivity contribution in [2.45, 2.75) is 142 Å². The van der Waals surface area contributed by atoms with Crippen LogP contribution in [0.4, 0.5) is 0 Å². The van der Waals surface area contributed by atoms with Crippen LogP contribution in [-0.4, -0.2) is 48.1 Å². The Morgan fingerprint density at radius 2 is 1.21 bits per heavy atom. The highest BCUT2D eigenvalue weighted by atomic mass is 16.2. The van der Waals surface area contributed by atoms with Gasteiger partial charge in [-0.1, -0.05) is 84.0 Å². The molecule has 38 heavy (non-hydrogen) atoms. The van der Waals surface area contributed by atoms with Crippen molar-refractivity contribution >= 4 is 29.5 Å². The van der Waals surface area contributed by atoms with Crippen LogP contribution >= 0.6 is 0 Å². The van der Waals surface area contributed by atoms with Gasteiger partial charge < -0.3 is 27.4 Å². The maximum absolute atomic E-state index is 12.9. The molecule has 0 fully saturated rings. The number of hydrogen-bond acceptors (Lipinski definition) is 5. The van der Waals surface area contributed by atoms with Crippen molar-refractivity contribution in [2.24, 2.45) is 11.5 Å². The second-order valence-electron chi connectivity index (χ2n) is 10.3. The van der Waals surface area contributed by atoms with Crippen molar-refractivity contribution in [3.05, 3.63) is 0 Å². The Labute approximate surface area is 229 Å². The monoisotopic (exact) mass is 538 g/mol. The summed E-state index contributed by atoms with van der Waals surface area (Å²) in [6.45, 7) is 3.96. The molecule has 0 heterocycles. The molecular weight excluding hydrogens is 484 g/mol. The maximum Gasteiger partial charge on any atom is 0.243 e. The maximum atomic E-state index is 12.9. The standard InChI is InChI=1S/C28H54N6O4/c1-3-4-5-6-7-8-9-10-11-12-13-14-15-18-26(37)33-24(17-16-21-32-28(30)31)27(38)34-23(22(2)35)19-20-25(29)36/h23-24H,3-21H2,1-2H3,(H2,29,36)(H,33,37)(H,34,38)(H4,30,31,32)/t23-,24-/m0/s1. The summed E-state index contributed by atoms with van der Waals surface area (Å²) in [7, 11) is 0. The highest BCUT2D eigenvalue weighted by Crippen LogP contribution is 2.13. The summed E-state index contributed by atoms with van der Waals surface area (Å²) >= 11 is 0. The van der Waals surface area contributed by atoms with E-state index in [1.54, 1.807) is 0 Å². The van der Waals surface area contributed by atoms with Gasteiger partial charge >= 0.3 is 0 Å². The average molecular weight is 539 g/mol. The Kier molecular flexibility index (Phi) is 21.8. The summed E-state index contributed by atoms with van der Waals surface area (Å²) in [5.41, 5.74) is 10.5. The first kappa shape index (κ1) is 35.4. The van der Waals surface area contributed by atoms with Crippen LogP contribution in [0.3, 0.4) is 0 Å². The largest absolute Gasteiger partial charge is 0.370 e. The minimum atomic E-state index is -0.842. The number of Topliss-reactive ketones (excluding diaryl/α,β-unsaturated/α-hetero) is 1. The van der Waals surface area contributed by atoms with E-state index in [4.69, 9.17) is 16.9 Å². The quantitative estimate of drug-likeness (QED) is 0.0587. The van der Waals surface area contributed by atoms with E-state index in [2.05, 4.69) is 22.9 Å². The first-order valence-electron chi connectivity index (χ1n) is 14.6. The number of amides is 3. The molecule has 0 aliphatic rings. The van der Waals surface area contributed by atoms with Crippen LogP contribution in [0.5, 0.6) is 0 Å². The number of unbranched alkanes of at least 4 members (excludes halogenated alkanes) is 12. The predicted octanol–water partition coefficient (Wildman–Crippen LogP) is 3.56. The summed E-state index contributed by atoms with van der Waals surface area (Å²) in [5.74, 6) is -1.68. The van der Waals surface area contributed by atoms with Gasteiger partial charge in [0.15, 0.2) is 11.7 Å². The molecule has 10 nitrogen and oxygen atoms in total. The third kappa shape index (κ3) is 21.4. The number of rotatable bonds is 25. The van der Waals surface area contributed by atoms with E-state index in [-0.39, 0.29) is 30.5 Å². The highest BCUT2D eigenvalue weighted by Gasteiger charge is 2.25. The number of nitrogens with one attached hydrogen (secondary N) is 4. The van der Waals surface area contributed by atoms with E-state index in [9.17, 15) is 19.2 Å². The van der Waals surface area contributed by atoms with E-state index in [1.807, 2.05) is 0 Å². The molecule has 0 aromatic carbocycles. The minimum Gasteiger partial charge on any atom is -0.370 e. The molecule has 0 aliphatic heterocycles. The van der Waals surface area contributed by atoms with E-state index in [0.29, 0.717) is 25.8 Å². The van der Waals surface area contributed by atoms with Gasteiger partial charge in [-0.2, -0.15) is 0 Å². The SMILES string of the molecule is CCCCCCCCCCCCCCCC(=O)N[C@@H](CCCNC(=N)N)C(=O)N[C@@H](CCC(N)=O)C(C)=O. The number of hydrogen-bond donors (Lipinski definition) is 6. The van der Waals surface area contributed by atoms with Crippen molar-refractivity contribution in [1.82, 2.24) is 16.0 Å². The Morgan fingerprint density at radius 1 is 0.684 bits per heavy atom. The summed E-state index contributed by atoms with van der Waals surface area (Å²) in [6.07, 6.45) is 17.1. The number of carbonyl (C=O) groups is 4. The molecular formula is C28H54N6O4. The molecule has 0 aromatic heterocycles. The lowest BCUT2D eigenvalue weighted by molar-refractivity contribution is -0.131. The molecule has 8 N–H and O–H groups in total. The molecule has 0 radical (unpaired) electrons.